The van der Waals surface area contributed by atoms with Crippen LogP contribution in [0.1, 0.15) is 39.5 Å². The highest BCUT2D eigenvalue weighted by atomic mass is 16.4. The number of carboxylic acids is 1. The average Bonchev–Trinajstić information content (AvgIpc) is 2.04. The molecule has 1 fully saturated rings. The summed E-state index contributed by atoms with van der Waals surface area (Å²) >= 11 is 0. The molecule has 2 nitrogen and oxygen atoms in total. The van der Waals surface area contributed by atoms with E-state index >= 15 is 0 Å². The fourth-order valence-corrected chi connectivity index (χ4v) is 1.99. The molecule has 70 valence electrons. The number of hydrogen-bond donors (Lipinski definition) is 1. The Hall–Kier alpha value is -0.530. The smallest absolute Gasteiger partial charge is 0.306 e. The molecule has 12 heavy (non-hydrogen) atoms. The van der Waals surface area contributed by atoms with Crippen LogP contribution in [0.15, 0.2) is 0 Å². The van der Waals surface area contributed by atoms with E-state index in [2.05, 4.69) is 6.92 Å². The summed E-state index contributed by atoms with van der Waals surface area (Å²) < 4.78 is 0. The summed E-state index contributed by atoms with van der Waals surface area (Å²) in [4.78, 5) is 10.7. The molecule has 1 saturated carbocycles. The van der Waals surface area contributed by atoms with Crippen molar-refractivity contribution in [2.24, 2.45) is 17.8 Å². The molecule has 0 aliphatic heterocycles. The van der Waals surface area contributed by atoms with Gasteiger partial charge in [-0.25, -0.2) is 0 Å². The number of carboxylic acid groups (broad SMARTS) is 1. The predicted octanol–water partition coefficient (Wildman–Crippen LogP) is 2.53. The lowest BCUT2D eigenvalue weighted by atomic mass is 9.77. The third kappa shape index (κ3) is 2.23. The van der Waals surface area contributed by atoms with Gasteiger partial charge in [-0.1, -0.05) is 26.7 Å². The van der Waals surface area contributed by atoms with Crippen LogP contribution in [0.25, 0.3) is 0 Å². The molecule has 1 aliphatic rings. The third-order valence-electron chi connectivity index (χ3n) is 3.16. The van der Waals surface area contributed by atoms with Crippen molar-refractivity contribution in [2.75, 3.05) is 0 Å². The standard InChI is InChI=1S/C10H18O2/c1-7-3-5-9(6-4-7)8(2)10(11)12/h7-9H,3-6H2,1-2H3,(H,11,12)/t7?,8-,9?/m1/s1. The van der Waals surface area contributed by atoms with Crippen molar-refractivity contribution < 1.29 is 9.90 Å². The van der Waals surface area contributed by atoms with E-state index in [-0.39, 0.29) is 5.92 Å². The molecule has 1 atom stereocenters. The molecule has 1 rings (SSSR count). The van der Waals surface area contributed by atoms with Crippen LogP contribution in [0, 0.1) is 17.8 Å². The minimum absolute atomic E-state index is 0.141. The first-order chi connectivity index (χ1) is 5.61. The molecule has 0 heterocycles. The summed E-state index contributed by atoms with van der Waals surface area (Å²) in [5.41, 5.74) is 0. The van der Waals surface area contributed by atoms with Gasteiger partial charge in [-0.2, -0.15) is 0 Å². The predicted molar refractivity (Wildman–Crippen MR) is 47.9 cm³/mol. The molecule has 0 radical (unpaired) electrons. The zero-order valence-electron chi connectivity index (χ0n) is 7.92. The van der Waals surface area contributed by atoms with E-state index in [4.69, 9.17) is 5.11 Å². The lowest BCUT2D eigenvalue weighted by Crippen LogP contribution is -2.24. The highest BCUT2D eigenvalue weighted by molar-refractivity contribution is 5.69. The largest absolute Gasteiger partial charge is 0.481 e. The molecule has 1 aliphatic carbocycles. The van der Waals surface area contributed by atoms with Crippen LogP contribution in [0.2, 0.25) is 0 Å². The Kier molecular flexibility index (Phi) is 3.12. The molecule has 0 aromatic rings. The van der Waals surface area contributed by atoms with Gasteiger partial charge in [0.1, 0.15) is 0 Å². The topological polar surface area (TPSA) is 37.3 Å². The Labute approximate surface area is 74.0 Å². The first kappa shape index (κ1) is 9.56. The van der Waals surface area contributed by atoms with E-state index < -0.39 is 5.97 Å². The van der Waals surface area contributed by atoms with E-state index in [1.54, 1.807) is 0 Å². The second-order valence-corrected chi connectivity index (χ2v) is 4.15. The fourth-order valence-electron chi connectivity index (χ4n) is 1.99. The van der Waals surface area contributed by atoms with Crippen molar-refractivity contribution in [3.05, 3.63) is 0 Å². The second kappa shape index (κ2) is 3.92. The maximum absolute atomic E-state index is 10.7. The van der Waals surface area contributed by atoms with Crippen LogP contribution in [0.5, 0.6) is 0 Å². The van der Waals surface area contributed by atoms with Crippen LogP contribution < -0.4 is 0 Å². The van der Waals surface area contributed by atoms with Crippen molar-refractivity contribution in [3.8, 4) is 0 Å². The molecule has 0 aromatic carbocycles. The first-order valence-electron chi connectivity index (χ1n) is 4.84. The Morgan fingerprint density at radius 3 is 2.25 bits per heavy atom. The SMILES string of the molecule is CC1CCC([C@@H](C)C(=O)O)CC1. The Bertz CT molecular complexity index is 157. The van der Waals surface area contributed by atoms with Gasteiger partial charge in [-0.05, 0) is 24.7 Å². The summed E-state index contributed by atoms with van der Waals surface area (Å²) in [6.45, 7) is 4.09. The summed E-state index contributed by atoms with van der Waals surface area (Å²) in [6.07, 6.45) is 4.63. The van der Waals surface area contributed by atoms with Gasteiger partial charge in [-0.15, -0.1) is 0 Å². The van der Waals surface area contributed by atoms with Gasteiger partial charge in [0.25, 0.3) is 0 Å². The van der Waals surface area contributed by atoms with Crippen molar-refractivity contribution in [1.29, 1.82) is 0 Å². The van der Waals surface area contributed by atoms with Crippen LogP contribution in [-0.4, -0.2) is 11.1 Å². The van der Waals surface area contributed by atoms with E-state index in [0.29, 0.717) is 5.92 Å². The summed E-state index contributed by atoms with van der Waals surface area (Å²) in [5.74, 6) is 0.466. The van der Waals surface area contributed by atoms with E-state index in [1.165, 1.54) is 12.8 Å². The summed E-state index contributed by atoms with van der Waals surface area (Å²) in [7, 11) is 0. The number of hydrogen-bond acceptors (Lipinski definition) is 1. The maximum Gasteiger partial charge on any atom is 0.306 e. The average molecular weight is 170 g/mol. The molecular formula is C10H18O2. The summed E-state index contributed by atoms with van der Waals surface area (Å²) in [6, 6.07) is 0. The van der Waals surface area contributed by atoms with E-state index in [0.717, 1.165) is 18.8 Å². The molecule has 1 N–H and O–H groups in total. The Morgan fingerprint density at radius 2 is 1.83 bits per heavy atom. The van der Waals surface area contributed by atoms with Crippen LogP contribution in [-0.2, 0) is 4.79 Å². The molecule has 0 unspecified atom stereocenters. The third-order valence-corrected chi connectivity index (χ3v) is 3.16. The van der Waals surface area contributed by atoms with Gasteiger partial charge < -0.3 is 5.11 Å². The van der Waals surface area contributed by atoms with Crippen LogP contribution in [0.4, 0.5) is 0 Å². The highest BCUT2D eigenvalue weighted by Gasteiger charge is 2.26. The Balaban J connectivity index is 2.39. The van der Waals surface area contributed by atoms with Gasteiger partial charge in [0.15, 0.2) is 0 Å². The van der Waals surface area contributed by atoms with Crippen molar-refractivity contribution in [1.82, 2.24) is 0 Å². The van der Waals surface area contributed by atoms with Crippen LogP contribution in [0.3, 0.4) is 0 Å². The maximum atomic E-state index is 10.7. The van der Waals surface area contributed by atoms with Crippen molar-refractivity contribution in [3.63, 3.8) is 0 Å². The van der Waals surface area contributed by atoms with Crippen molar-refractivity contribution in [2.45, 2.75) is 39.5 Å². The quantitative estimate of drug-likeness (QED) is 0.691. The molecule has 0 amide bonds. The molecule has 0 aromatic heterocycles. The number of aliphatic carboxylic acids is 1. The fraction of sp³-hybridized carbons (Fsp3) is 0.900. The van der Waals surface area contributed by atoms with Gasteiger partial charge in [0.2, 0.25) is 0 Å². The second-order valence-electron chi connectivity index (χ2n) is 4.15. The van der Waals surface area contributed by atoms with E-state index in [9.17, 15) is 4.79 Å². The number of carbonyl (C=O) groups is 1. The normalized spacial score (nSPS) is 32.8. The number of rotatable bonds is 2. The minimum atomic E-state index is -0.630. The van der Waals surface area contributed by atoms with Gasteiger partial charge >= 0.3 is 5.97 Å². The zero-order valence-corrected chi connectivity index (χ0v) is 7.92. The van der Waals surface area contributed by atoms with Crippen LogP contribution >= 0.6 is 0 Å². The monoisotopic (exact) mass is 170 g/mol. The Morgan fingerprint density at radius 1 is 1.33 bits per heavy atom. The minimum Gasteiger partial charge on any atom is -0.481 e. The summed E-state index contributed by atoms with van der Waals surface area (Å²) in [5, 5.41) is 8.80. The molecule has 0 spiro atoms. The molecule has 0 saturated heterocycles. The lowest BCUT2D eigenvalue weighted by Gasteiger charge is -2.28. The van der Waals surface area contributed by atoms with Gasteiger partial charge in [-0.3, -0.25) is 4.79 Å². The van der Waals surface area contributed by atoms with Gasteiger partial charge in [0.05, 0.1) is 5.92 Å². The van der Waals surface area contributed by atoms with Crippen molar-refractivity contribution >= 4 is 5.97 Å². The molecule has 0 bridgehead atoms. The highest BCUT2D eigenvalue weighted by Crippen LogP contribution is 2.32. The zero-order chi connectivity index (χ0) is 9.14. The van der Waals surface area contributed by atoms with E-state index in [1.807, 2.05) is 6.92 Å². The lowest BCUT2D eigenvalue weighted by molar-refractivity contribution is -0.143. The first-order valence-corrected chi connectivity index (χ1v) is 4.84. The molecular weight excluding hydrogens is 152 g/mol. The molecule has 2 heteroatoms. The van der Waals surface area contributed by atoms with Gasteiger partial charge in [0, 0.05) is 0 Å².